The lowest BCUT2D eigenvalue weighted by molar-refractivity contribution is -0.167. The molecule has 0 heterocycles. The predicted molar refractivity (Wildman–Crippen MR) is 288 cm³/mol. The fraction of sp³-hybridized carbons (Fsp3) is 0.525. The number of unbranched alkanes of at least 4 members (excludes halogenated alkanes) is 13. The van der Waals surface area contributed by atoms with Crippen molar-refractivity contribution in [1.82, 2.24) is 0 Å². The third kappa shape index (κ3) is 51.9. The van der Waals surface area contributed by atoms with Gasteiger partial charge in [0.05, 0.1) is 0 Å². The largest absolute Gasteiger partial charge is 0.462 e. The third-order valence-electron chi connectivity index (χ3n) is 10.2. The van der Waals surface area contributed by atoms with Gasteiger partial charge in [0, 0.05) is 19.3 Å². The van der Waals surface area contributed by atoms with Crippen molar-refractivity contribution in [2.45, 2.75) is 194 Å². The first kappa shape index (κ1) is 62.0. The maximum absolute atomic E-state index is 12.8. The number of allylic oxidation sites excluding steroid dienone is 26. The molecular weight excluding hydrogens is 829 g/mol. The van der Waals surface area contributed by atoms with E-state index < -0.39 is 6.10 Å². The van der Waals surface area contributed by atoms with Gasteiger partial charge in [-0.3, -0.25) is 14.4 Å². The Labute approximate surface area is 409 Å². The summed E-state index contributed by atoms with van der Waals surface area (Å²) in [6.07, 6.45) is 77.9. The van der Waals surface area contributed by atoms with Crippen molar-refractivity contribution in [2.75, 3.05) is 13.2 Å². The number of rotatable bonds is 44. The van der Waals surface area contributed by atoms with Gasteiger partial charge >= 0.3 is 17.9 Å². The minimum atomic E-state index is -0.822. The number of hydrogen-bond donors (Lipinski definition) is 0. The lowest BCUT2D eigenvalue weighted by Gasteiger charge is -2.18. The highest BCUT2D eigenvalue weighted by Crippen LogP contribution is 2.12. The molecule has 1 unspecified atom stereocenters. The smallest absolute Gasteiger partial charge is 0.306 e. The second kappa shape index (κ2) is 53.6. The summed E-state index contributed by atoms with van der Waals surface area (Å²) in [5.74, 6) is -1.01. The zero-order valence-electron chi connectivity index (χ0n) is 42.3. The van der Waals surface area contributed by atoms with E-state index in [0.717, 1.165) is 128 Å². The highest BCUT2D eigenvalue weighted by molar-refractivity contribution is 5.71. The molecule has 0 radical (unpaired) electrons. The first-order valence-corrected chi connectivity index (χ1v) is 26.1. The molecule has 372 valence electrons. The van der Waals surface area contributed by atoms with Crippen LogP contribution in [0.2, 0.25) is 0 Å². The second-order valence-electron chi connectivity index (χ2n) is 16.5. The van der Waals surface area contributed by atoms with Gasteiger partial charge in [0.2, 0.25) is 0 Å². The molecule has 0 aliphatic heterocycles. The molecule has 0 saturated heterocycles. The van der Waals surface area contributed by atoms with E-state index in [2.05, 4.69) is 106 Å². The fourth-order valence-corrected chi connectivity index (χ4v) is 6.39. The van der Waals surface area contributed by atoms with Crippen LogP contribution in [0.3, 0.4) is 0 Å². The molecule has 0 aromatic heterocycles. The first-order chi connectivity index (χ1) is 33.0. The average molecular weight is 921 g/mol. The molecule has 0 saturated carbocycles. The SMILES string of the molecule is CC\C=C/C=C\C=C/C=C\C=C\C=C/C=C\CCCCCC(=O)OCC(COC(=O)CCCCCC/C=C\C/C=C\C/C=C\CC)OC(=O)CCCCCCCC/C=C\C/C=C\C/C=C\CC. The highest BCUT2D eigenvalue weighted by atomic mass is 16.6. The van der Waals surface area contributed by atoms with Crippen molar-refractivity contribution < 1.29 is 28.6 Å². The highest BCUT2D eigenvalue weighted by Gasteiger charge is 2.19. The molecule has 0 aromatic rings. The summed E-state index contributed by atoms with van der Waals surface area (Å²) in [4.78, 5) is 38.0. The van der Waals surface area contributed by atoms with Crippen molar-refractivity contribution >= 4 is 17.9 Å². The standard InChI is InChI=1S/C61H92O6/c1-4-7-10-13-16-19-22-25-28-30-31-32-34-36-39-42-45-48-51-54-60(63)66-57-58(56-65-59(62)53-50-47-44-41-38-35-27-24-21-18-15-12-9-6-3)67-61(64)55-52-49-46-43-40-37-33-29-26-23-20-17-14-11-8-5-2/h7-13,16-22,25-32,34-36,39,58H,4-6,14-15,23-24,33,37-38,40-57H2,1-3H3/b10-7-,11-8-,12-9-,16-13-,20-17-,21-18-,22-19-,28-25-,29-26-,31-30+,34-32-,35-27-,39-36-. The molecule has 0 amide bonds. The Morgan fingerprint density at radius 2 is 0.612 bits per heavy atom. The molecule has 0 fully saturated rings. The van der Waals surface area contributed by atoms with Crippen molar-refractivity contribution in [2.24, 2.45) is 0 Å². The molecular formula is C61H92O6. The van der Waals surface area contributed by atoms with Crippen LogP contribution < -0.4 is 0 Å². The molecule has 0 rings (SSSR count). The predicted octanol–water partition coefficient (Wildman–Crippen LogP) is 17.4. The molecule has 0 aliphatic rings. The van der Waals surface area contributed by atoms with Gasteiger partial charge in [-0.1, -0.05) is 224 Å². The van der Waals surface area contributed by atoms with Crippen LogP contribution in [0.1, 0.15) is 188 Å². The minimum Gasteiger partial charge on any atom is -0.462 e. The van der Waals surface area contributed by atoms with Gasteiger partial charge in [-0.2, -0.15) is 0 Å². The first-order valence-electron chi connectivity index (χ1n) is 26.1. The summed E-state index contributed by atoms with van der Waals surface area (Å²) in [5.41, 5.74) is 0. The van der Waals surface area contributed by atoms with E-state index in [1.54, 1.807) is 0 Å². The van der Waals surface area contributed by atoms with Crippen LogP contribution in [-0.2, 0) is 28.6 Å². The summed E-state index contributed by atoms with van der Waals surface area (Å²) in [5, 5.41) is 0. The Kier molecular flexibility index (Phi) is 49.7. The molecule has 6 heteroatoms. The van der Waals surface area contributed by atoms with E-state index in [0.29, 0.717) is 19.3 Å². The van der Waals surface area contributed by atoms with Gasteiger partial charge in [0.25, 0.3) is 0 Å². The van der Waals surface area contributed by atoms with Crippen molar-refractivity contribution in [3.63, 3.8) is 0 Å². The summed E-state index contributed by atoms with van der Waals surface area (Å²) in [6, 6.07) is 0. The maximum atomic E-state index is 12.8. The summed E-state index contributed by atoms with van der Waals surface area (Å²) in [6.45, 7) is 6.17. The number of ether oxygens (including phenoxy) is 3. The Hall–Kier alpha value is -4.97. The number of carbonyl (C=O) groups is 3. The Balaban J connectivity index is 4.59. The van der Waals surface area contributed by atoms with Crippen molar-refractivity contribution in [3.05, 3.63) is 158 Å². The van der Waals surface area contributed by atoms with E-state index in [1.807, 2.05) is 72.9 Å². The van der Waals surface area contributed by atoms with Gasteiger partial charge < -0.3 is 14.2 Å². The molecule has 0 N–H and O–H groups in total. The summed E-state index contributed by atoms with van der Waals surface area (Å²) < 4.78 is 16.7. The molecule has 0 aliphatic carbocycles. The topological polar surface area (TPSA) is 78.9 Å². The summed E-state index contributed by atoms with van der Waals surface area (Å²) >= 11 is 0. The van der Waals surface area contributed by atoms with E-state index in [1.165, 1.54) is 12.8 Å². The van der Waals surface area contributed by atoms with Crippen LogP contribution in [0.4, 0.5) is 0 Å². The van der Waals surface area contributed by atoms with E-state index in [9.17, 15) is 14.4 Å². The van der Waals surface area contributed by atoms with Crippen LogP contribution >= 0.6 is 0 Å². The van der Waals surface area contributed by atoms with Gasteiger partial charge in [-0.15, -0.1) is 0 Å². The van der Waals surface area contributed by atoms with Crippen LogP contribution in [0, 0.1) is 0 Å². The van der Waals surface area contributed by atoms with Crippen molar-refractivity contribution in [3.8, 4) is 0 Å². The third-order valence-corrected chi connectivity index (χ3v) is 10.2. The van der Waals surface area contributed by atoms with Crippen molar-refractivity contribution in [1.29, 1.82) is 0 Å². The second-order valence-corrected chi connectivity index (χ2v) is 16.5. The lowest BCUT2D eigenvalue weighted by atomic mass is 10.1. The number of hydrogen-bond acceptors (Lipinski definition) is 6. The van der Waals surface area contributed by atoms with Gasteiger partial charge in [-0.25, -0.2) is 0 Å². The Bertz CT molecular complexity index is 1570. The average Bonchev–Trinajstić information content (AvgIpc) is 3.33. The zero-order chi connectivity index (χ0) is 48.6. The number of esters is 3. The zero-order valence-corrected chi connectivity index (χ0v) is 42.3. The van der Waals surface area contributed by atoms with Crippen LogP contribution in [-0.4, -0.2) is 37.2 Å². The maximum Gasteiger partial charge on any atom is 0.306 e. The summed E-state index contributed by atoms with van der Waals surface area (Å²) in [7, 11) is 0. The van der Waals surface area contributed by atoms with E-state index >= 15 is 0 Å². The molecule has 67 heavy (non-hydrogen) atoms. The minimum absolute atomic E-state index is 0.118. The van der Waals surface area contributed by atoms with Crippen LogP contribution in [0.15, 0.2) is 158 Å². The van der Waals surface area contributed by atoms with E-state index in [-0.39, 0.29) is 37.5 Å². The van der Waals surface area contributed by atoms with E-state index in [4.69, 9.17) is 14.2 Å². The number of carbonyl (C=O) groups excluding carboxylic acids is 3. The fourth-order valence-electron chi connectivity index (χ4n) is 6.39. The molecule has 0 aromatic carbocycles. The Morgan fingerprint density at radius 1 is 0.313 bits per heavy atom. The normalized spacial score (nSPS) is 13.4. The molecule has 1 atom stereocenters. The monoisotopic (exact) mass is 921 g/mol. The van der Waals surface area contributed by atoms with Gasteiger partial charge in [0.15, 0.2) is 6.10 Å². The van der Waals surface area contributed by atoms with Gasteiger partial charge in [0.1, 0.15) is 13.2 Å². The molecule has 0 bridgehead atoms. The quantitative estimate of drug-likeness (QED) is 0.0199. The van der Waals surface area contributed by atoms with Crippen LogP contribution in [0.5, 0.6) is 0 Å². The molecule has 0 spiro atoms. The van der Waals surface area contributed by atoms with Gasteiger partial charge in [-0.05, 0) is 103 Å². The molecule has 6 nitrogen and oxygen atoms in total. The van der Waals surface area contributed by atoms with Crippen LogP contribution in [0.25, 0.3) is 0 Å². The lowest BCUT2D eigenvalue weighted by Crippen LogP contribution is -2.30. The Morgan fingerprint density at radius 3 is 1.03 bits per heavy atom.